The Bertz CT molecular complexity index is 1110. The maximum atomic E-state index is 11.5. The van der Waals surface area contributed by atoms with Gasteiger partial charge in [0.2, 0.25) is 0 Å². The maximum Gasteiger partial charge on any atom is 0.305 e. The predicted molar refractivity (Wildman–Crippen MR) is 146 cm³/mol. The Morgan fingerprint density at radius 1 is 1.03 bits per heavy atom. The number of fused-ring (bicyclic) bond motifs is 1. The number of carbonyl (C=O) groups excluding carboxylic acids is 2. The monoisotopic (exact) mass is 535 g/mol. The molecule has 6 nitrogen and oxygen atoms in total. The fraction of sp³-hybridized carbons (Fsp3) is 0.500. The number of benzene rings is 1. The standard InChI is InChI=1S/C26H33NO5S3/c1-26(2,3)21-16-35-24(27-21)20-15-18-14-17(10-11-19(18)32-20)25(33-12-6-8-22(28)30-4)34-13-7-9-23(29)31-5/h10-11,14-16,25H,6-9,12-13H2,1-5H3. The van der Waals surface area contributed by atoms with E-state index in [1.54, 1.807) is 11.3 Å². The molecule has 2 aromatic heterocycles. The van der Waals surface area contributed by atoms with E-state index in [0.29, 0.717) is 12.8 Å². The van der Waals surface area contributed by atoms with Crippen LogP contribution in [0.25, 0.3) is 21.7 Å². The minimum atomic E-state index is -0.183. The first-order chi connectivity index (χ1) is 16.7. The van der Waals surface area contributed by atoms with Gasteiger partial charge in [-0.05, 0) is 48.1 Å². The van der Waals surface area contributed by atoms with Crippen LogP contribution < -0.4 is 0 Å². The lowest BCUT2D eigenvalue weighted by atomic mass is 9.93. The van der Waals surface area contributed by atoms with Crippen LogP contribution in [0.1, 0.15) is 62.3 Å². The van der Waals surface area contributed by atoms with Crippen molar-refractivity contribution < 1.29 is 23.5 Å². The van der Waals surface area contributed by atoms with Crippen molar-refractivity contribution in [2.75, 3.05) is 25.7 Å². The molecule has 0 radical (unpaired) electrons. The molecular weight excluding hydrogens is 502 g/mol. The van der Waals surface area contributed by atoms with E-state index < -0.39 is 0 Å². The first-order valence-electron chi connectivity index (χ1n) is 11.6. The summed E-state index contributed by atoms with van der Waals surface area (Å²) in [4.78, 5) is 27.7. The summed E-state index contributed by atoms with van der Waals surface area (Å²) in [6.45, 7) is 6.47. The van der Waals surface area contributed by atoms with Crippen LogP contribution in [0, 0.1) is 0 Å². The van der Waals surface area contributed by atoms with Gasteiger partial charge in [0.05, 0.1) is 24.5 Å². The normalized spacial score (nSPS) is 11.8. The minimum Gasteiger partial charge on any atom is -0.469 e. The van der Waals surface area contributed by atoms with Crippen LogP contribution >= 0.6 is 34.9 Å². The largest absolute Gasteiger partial charge is 0.469 e. The van der Waals surface area contributed by atoms with E-state index in [2.05, 4.69) is 44.4 Å². The van der Waals surface area contributed by atoms with Gasteiger partial charge in [0.15, 0.2) is 10.8 Å². The van der Waals surface area contributed by atoms with Crippen LogP contribution in [0.5, 0.6) is 0 Å². The van der Waals surface area contributed by atoms with E-state index in [-0.39, 0.29) is 21.9 Å². The van der Waals surface area contributed by atoms with Gasteiger partial charge in [-0.25, -0.2) is 4.98 Å². The van der Waals surface area contributed by atoms with Crippen LogP contribution in [0.15, 0.2) is 34.1 Å². The Morgan fingerprint density at radius 2 is 1.66 bits per heavy atom. The summed E-state index contributed by atoms with van der Waals surface area (Å²) >= 11 is 5.22. The van der Waals surface area contributed by atoms with E-state index in [0.717, 1.165) is 51.8 Å². The third-order valence-corrected chi connectivity index (χ3v) is 9.21. The molecule has 2 heterocycles. The fourth-order valence-corrected chi connectivity index (χ4v) is 6.99. The van der Waals surface area contributed by atoms with Gasteiger partial charge in [-0.3, -0.25) is 9.59 Å². The number of hydrogen-bond acceptors (Lipinski definition) is 9. The summed E-state index contributed by atoms with van der Waals surface area (Å²) in [6.07, 6.45) is 2.35. The van der Waals surface area contributed by atoms with Gasteiger partial charge in [0, 0.05) is 29.0 Å². The molecule has 190 valence electrons. The third-order valence-electron chi connectivity index (χ3n) is 5.34. The predicted octanol–water partition coefficient (Wildman–Crippen LogP) is 7.23. The molecule has 0 aliphatic heterocycles. The molecule has 0 aliphatic rings. The van der Waals surface area contributed by atoms with E-state index in [4.69, 9.17) is 18.9 Å². The zero-order chi connectivity index (χ0) is 25.4. The first kappa shape index (κ1) is 27.6. The molecule has 0 N–H and O–H groups in total. The molecule has 0 atom stereocenters. The van der Waals surface area contributed by atoms with Crippen LogP contribution in [0.3, 0.4) is 0 Å². The second kappa shape index (κ2) is 12.8. The van der Waals surface area contributed by atoms with Crippen LogP contribution in [-0.2, 0) is 24.5 Å². The first-order valence-corrected chi connectivity index (χ1v) is 14.6. The van der Waals surface area contributed by atoms with Crippen LogP contribution in [0.4, 0.5) is 0 Å². The Morgan fingerprint density at radius 3 is 2.20 bits per heavy atom. The van der Waals surface area contributed by atoms with E-state index in [9.17, 15) is 9.59 Å². The molecule has 0 amide bonds. The zero-order valence-corrected chi connectivity index (χ0v) is 23.4. The topological polar surface area (TPSA) is 78.6 Å². The van der Waals surface area contributed by atoms with Crippen molar-refractivity contribution in [1.82, 2.24) is 4.98 Å². The van der Waals surface area contributed by atoms with Crippen molar-refractivity contribution in [3.05, 3.63) is 40.9 Å². The number of thiazole rings is 1. The fourth-order valence-electron chi connectivity index (χ4n) is 3.30. The molecule has 3 rings (SSSR count). The second-order valence-corrected chi connectivity index (χ2v) is 12.7. The molecule has 3 aromatic rings. The molecular formula is C26H33NO5S3. The number of nitrogens with zero attached hydrogens (tertiary/aromatic N) is 1. The number of thioether (sulfide) groups is 2. The highest BCUT2D eigenvalue weighted by Gasteiger charge is 2.20. The smallest absolute Gasteiger partial charge is 0.305 e. The average molecular weight is 536 g/mol. The highest BCUT2D eigenvalue weighted by Crippen LogP contribution is 2.42. The third kappa shape index (κ3) is 8.02. The van der Waals surface area contributed by atoms with E-state index in [1.807, 2.05) is 29.6 Å². The van der Waals surface area contributed by atoms with Crippen molar-refractivity contribution in [2.45, 2.75) is 56.5 Å². The molecule has 0 bridgehead atoms. The Labute approximate surface area is 219 Å². The van der Waals surface area contributed by atoms with Gasteiger partial charge in [0.25, 0.3) is 0 Å². The molecule has 9 heteroatoms. The van der Waals surface area contributed by atoms with Crippen molar-refractivity contribution in [2.24, 2.45) is 0 Å². The van der Waals surface area contributed by atoms with Crippen molar-refractivity contribution >= 4 is 57.8 Å². The molecule has 1 aromatic carbocycles. The maximum absolute atomic E-state index is 11.5. The number of rotatable bonds is 12. The lowest BCUT2D eigenvalue weighted by molar-refractivity contribution is -0.141. The molecule has 0 unspecified atom stereocenters. The summed E-state index contributed by atoms with van der Waals surface area (Å²) < 4.78 is 15.8. The number of ether oxygens (including phenoxy) is 2. The summed E-state index contributed by atoms with van der Waals surface area (Å²) in [5.74, 6) is 2.10. The Kier molecular flexibility index (Phi) is 10.1. The molecule has 0 spiro atoms. The van der Waals surface area contributed by atoms with Gasteiger partial charge >= 0.3 is 11.9 Å². The lowest BCUT2D eigenvalue weighted by Gasteiger charge is -2.17. The number of esters is 2. The van der Waals surface area contributed by atoms with E-state index in [1.165, 1.54) is 19.8 Å². The van der Waals surface area contributed by atoms with Gasteiger partial charge in [-0.2, -0.15) is 0 Å². The summed E-state index contributed by atoms with van der Waals surface area (Å²) in [5.41, 5.74) is 3.08. The summed E-state index contributed by atoms with van der Waals surface area (Å²) in [6, 6.07) is 8.35. The molecule has 0 saturated heterocycles. The second-order valence-electron chi connectivity index (χ2n) is 9.13. The quantitative estimate of drug-likeness (QED) is 0.137. The van der Waals surface area contributed by atoms with Crippen LogP contribution in [0.2, 0.25) is 0 Å². The molecule has 0 aliphatic carbocycles. The minimum absolute atomic E-state index is 0.00264. The zero-order valence-electron chi connectivity index (χ0n) is 20.9. The number of methoxy groups -OCH3 is 2. The van der Waals surface area contributed by atoms with Crippen molar-refractivity contribution in [3.8, 4) is 10.8 Å². The van der Waals surface area contributed by atoms with Gasteiger partial charge in [-0.1, -0.05) is 26.8 Å². The number of carbonyl (C=O) groups is 2. The molecule has 35 heavy (non-hydrogen) atoms. The number of aromatic nitrogens is 1. The number of hydrogen-bond donors (Lipinski definition) is 0. The average Bonchev–Trinajstić information content (AvgIpc) is 3.49. The highest BCUT2D eigenvalue weighted by molar-refractivity contribution is 8.16. The van der Waals surface area contributed by atoms with Gasteiger partial charge in [-0.15, -0.1) is 34.9 Å². The van der Waals surface area contributed by atoms with Crippen molar-refractivity contribution in [1.29, 1.82) is 0 Å². The molecule has 0 fully saturated rings. The van der Waals surface area contributed by atoms with Gasteiger partial charge in [0.1, 0.15) is 5.58 Å². The van der Waals surface area contributed by atoms with Crippen molar-refractivity contribution in [3.63, 3.8) is 0 Å². The SMILES string of the molecule is COC(=O)CCCSC(SCCCC(=O)OC)c1ccc2oc(-c3nc(C(C)(C)C)cs3)cc2c1. The van der Waals surface area contributed by atoms with Crippen LogP contribution in [-0.4, -0.2) is 42.6 Å². The lowest BCUT2D eigenvalue weighted by Crippen LogP contribution is -2.11. The summed E-state index contributed by atoms with van der Waals surface area (Å²) in [5, 5.41) is 4.03. The van der Waals surface area contributed by atoms with Gasteiger partial charge < -0.3 is 13.9 Å². The number of furan rings is 1. The Hall–Kier alpha value is -1.97. The Balaban J connectivity index is 1.74. The van der Waals surface area contributed by atoms with E-state index >= 15 is 0 Å². The highest BCUT2D eigenvalue weighted by atomic mass is 32.2. The summed E-state index contributed by atoms with van der Waals surface area (Å²) in [7, 11) is 2.83. The molecule has 0 saturated carbocycles.